The van der Waals surface area contributed by atoms with Crippen molar-refractivity contribution in [2.75, 3.05) is 19.3 Å². The molecule has 0 radical (unpaired) electrons. The summed E-state index contributed by atoms with van der Waals surface area (Å²) < 4.78 is 17.6. The Morgan fingerprint density at radius 2 is 1.02 bits per heavy atom. The standard InChI is InChI=1S/C15H29ClO2.C7H11ClO2.C3H3Cl3O2.C2H2Cl2O2.CHClO2/c1-2-3-4-5-6-7-8-9-10-11-12-13-14-18-15(16)17;8-7(9)10-6-4-2-1-3-5-6;4-2(5)1-8-3(6)7;3-1-6-2(4)5;2-1(3)4/h2-14H2,1H3;6H,1-5H2;2H,1H2;1H2;(H,3,4). The molecule has 0 bridgehead atoms. The summed E-state index contributed by atoms with van der Waals surface area (Å²) in [4.78, 5) is 47.9. The fraction of sp³-hybridized carbons (Fsp3) is 0.821. The average molecular weight is 826 g/mol. The van der Waals surface area contributed by atoms with Crippen molar-refractivity contribution >= 4 is 120 Å². The maximum absolute atomic E-state index is 10.3. The van der Waals surface area contributed by atoms with Crippen LogP contribution in [0.15, 0.2) is 0 Å². The minimum atomic E-state index is -1.36. The SMILES string of the molecule is CCCCCCCCCCCCCCOC(=O)Cl.O=C(Cl)OC1CCCCC1.O=C(Cl)OCC(Cl)Cl.O=C(Cl)OCCl.O=C(O)Cl. The second-order valence-electron chi connectivity index (χ2n) is 9.27. The number of rotatable bonds is 17. The summed E-state index contributed by atoms with van der Waals surface area (Å²) in [7, 11) is 0. The second kappa shape index (κ2) is 42.7. The van der Waals surface area contributed by atoms with Crippen LogP contribution in [0.4, 0.5) is 24.0 Å². The van der Waals surface area contributed by atoms with Gasteiger partial charge in [0, 0.05) is 58.0 Å². The number of hydrogen-bond acceptors (Lipinski definition) is 9. The Labute approximate surface area is 312 Å². The lowest BCUT2D eigenvalue weighted by molar-refractivity contribution is 0.0954. The van der Waals surface area contributed by atoms with E-state index in [4.69, 9.17) is 84.2 Å². The molecular formula is C28H46Cl8O10. The zero-order valence-electron chi connectivity index (χ0n) is 25.9. The Balaban J connectivity index is -0.000000266. The number of halogens is 8. The van der Waals surface area contributed by atoms with Gasteiger partial charge in [0.2, 0.25) is 0 Å². The molecule has 0 aromatic rings. The highest BCUT2D eigenvalue weighted by Gasteiger charge is 2.15. The van der Waals surface area contributed by atoms with Gasteiger partial charge in [-0.3, -0.25) is 0 Å². The van der Waals surface area contributed by atoms with Gasteiger partial charge < -0.3 is 24.1 Å². The Morgan fingerprint density at radius 1 is 0.630 bits per heavy atom. The number of alkyl halides is 3. The van der Waals surface area contributed by atoms with Gasteiger partial charge in [-0.2, -0.15) is 0 Å². The smallest absolute Gasteiger partial charge is 0.404 e. The van der Waals surface area contributed by atoms with Crippen LogP contribution in [0, 0.1) is 0 Å². The number of carboxylic acid groups (broad SMARTS) is 1. The maximum atomic E-state index is 10.3. The molecule has 0 aliphatic heterocycles. The van der Waals surface area contributed by atoms with Gasteiger partial charge in [0.15, 0.2) is 6.07 Å². The summed E-state index contributed by atoms with van der Waals surface area (Å²) >= 11 is 38.8. The summed E-state index contributed by atoms with van der Waals surface area (Å²) in [5.41, 5.74) is -4.47. The molecule has 1 rings (SSSR count). The Morgan fingerprint density at radius 3 is 1.30 bits per heavy atom. The number of carbonyl (C=O) groups excluding carboxylic acids is 4. The highest BCUT2D eigenvalue weighted by Crippen LogP contribution is 2.20. The van der Waals surface area contributed by atoms with E-state index in [9.17, 15) is 19.2 Å². The first-order valence-electron chi connectivity index (χ1n) is 14.7. The second-order valence-corrected chi connectivity index (χ2v) is 12.3. The highest BCUT2D eigenvalue weighted by molar-refractivity contribution is 6.62. The number of unbranched alkanes of at least 4 members (excludes halogenated alkanes) is 11. The van der Waals surface area contributed by atoms with Gasteiger partial charge in [0.05, 0.1) is 6.61 Å². The van der Waals surface area contributed by atoms with E-state index in [2.05, 4.69) is 44.3 Å². The quantitative estimate of drug-likeness (QED) is 0.0651. The fourth-order valence-corrected chi connectivity index (χ4v) is 4.18. The molecule has 0 saturated heterocycles. The van der Waals surface area contributed by atoms with Gasteiger partial charge in [0.25, 0.3) is 0 Å². The van der Waals surface area contributed by atoms with Crippen molar-refractivity contribution in [2.45, 2.75) is 127 Å². The van der Waals surface area contributed by atoms with E-state index in [1.165, 1.54) is 70.6 Å². The van der Waals surface area contributed by atoms with Gasteiger partial charge in [-0.15, -0.1) is 23.2 Å². The van der Waals surface area contributed by atoms with E-state index < -0.39 is 32.0 Å². The van der Waals surface area contributed by atoms with Crippen LogP contribution in [-0.2, 0) is 18.9 Å². The molecule has 0 atom stereocenters. The van der Waals surface area contributed by atoms with Crippen LogP contribution in [0.2, 0.25) is 0 Å². The fourth-order valence-electron chi connectivity index (χ4n) is 3.58. The van der Waals surface area contributed by atoms with Gasteiger partial charge in [0.1, 0.15) is 17.5 Å². The molecule has 0 heterocycles. The van der Waals surface area contributed by atoms with Crippen molar-refractivity contribution in [1.29, 1.82) is 0 Å². The lowest BCUT2D eigenvalue weighted by Crippen LogP contribution is -2.17. The van der Waals surface area contributed by atoms with Crippen LogP contribution in [0.3, 0.4) is 0 Å². The number of ether oxygens (including phenoxy) is 4. The van der Waals surface area contributed by atoms with E-state index >= 15 is 0 Å². The minimum absolute atomic E-state index is 0.0640. The first kappa shape index (κ1) is 52.5. The predicted octanol–water partition coefficient (Wildman–Crippen LogP) is 13.4. The molecule has 1 aliphatic rings. The normalized spacial score (nSPS) is 11.8. The molecule has 0 aromatic carbocycles. The number of carbonyl (C=O) groups is 5. The molecule has 0 spiro atoms. The predicted molar refractivity (Wildman–Crippen MR) is 187 cm³/mol. The summed E-state index contributed by atoms with van der Waals surface area (Å²) in [5, 5.41) is 7.18. The van der Waals surface area contributed by atoms with Crippen LogP contribution in [0.1, 0.15) is 116 Å². The summed E-state index contributed by atoms with van der Waals surface area (Å²) in [6.45, 7) is 2.67. The van der Waals surface area contributed by atoms with Crippen molar-refractivity contribution in [3.63, 3.8) is 0 Å². The topological polar surface area (TPSA) is 143 Å². The summed E-state index contributed by atoms with van der Waals surface area (Å²) in [6, 6.07) is -0.178. The van der Waals surface area contributed by atoms with E-state index in [1.807, 2.05) is 0 Å². The van der Waals surface area contributed by atoms with Crippen molar-refractivity contribution in [3.05, 3.63) is 0 Å². The van der Waals surface area contributed by atoms with Crippen LogP contribution >= 0.6 is 92.8 Å². The molecule has 0 unspecified atom stereocenters. The lowest BCUT2D eigenvalue weighted by atomic mass is 9.98. The Bertz CT molecular complexity index is 739. The molecule has 1 aliphatic carbocycles. The third kappa shape index (κ3) is 66.1. The first-order valence-corrected chi connectivity index (χ1v) is 18.0. The third-order valence-electron chi connectivity index (χ3n) is 5.52. The van der Waals surface area contributed by atoms with E-state index in [0.717, 1.165) is 38.5 Å². The summed E-state index contributed by atoms with van der Waals surface area (Å²) in [5.74, 6) is 0. The Kier molecular flexibility index (Phi) is 48.7. The van der Waals surface area contributed by atoms with Gasteiger partial charge in [-0.05, 0) is 32.1 Å². The molecule has 1 N–H and O–H groups in total. The van der Waals surface area contributed by atoms with Crippen LogP contribution in [0.5, 0.6) is 0 Å². The van der Waals surface area contributed by atoms with E-state index in [1.54, 1.807) is 0 Å². The summed E-state index contributed by atoms with van der Waals surface area (Å²) in [6.07, 6.45) is 21.4. The molecule has 0 aromatic heterocycles. The lowest BCUT2D eigenvalue weighted by Gasteiger charge is -2.19. The van der Waals surface area contributed by atoms with E-state index in [0.29, 0.717) is 6.61 Å². The van der Waals surface area contributed by atoms with Gasteiger partial charge >= 0.3 is 27.1 Å². The van der Waals surface area contributed by atoms with Crippen LogP contribution in [-0.4, -0.2) is 62.5 Å². The van der Waals surface area contributed by atoms with Crippen LogP contribution in [0.25, 0.3) is 0 Å². The average Bonchev–Trinajstić information content (AvgIpc) is 2.95. The maximum Gasteiger partial charge on any atom is 0.404 e. The van der Waals surface area contributed by atoms with Crippen molar-refractivity contribution < 1.29 is 48.0 Å². The molecule has 46 heavy (non-hydrogen) atoms. The molecule has 18 heteroatoms. The molecular weight excluding hydrogens is 780 g/mol. The molecule has 1 saturated carbocycles. The first-order chi connectivity index (χ1) is 21.7. The number of hydrogen-bond donors (Lipinski definition) is 1. The van der Waals surface area contributed by atoms with Crippen molar-refractivity contribution in [2.24, 2.45) is 0 Å². The van der Waals surface area contributed by atoms with Crippen molar-refractivity contribution in [3.8, 4) is 0 Å². The minimum Gasteiger partial charge on any atom is -0.469 e. The van der Waals surface area contributed by atoms with Crippen molar-refractivity contribution in [1.82, 2.24) is 0 Å². The molecule has 10 nitrogen and oxygen atoms in total. The highest BCUT2D eigenvalue weighted by atomic mass is 35.5. The third-order valence-corrected chi connectivity index (χ3v) is 6.29. The van der Waals surface area contributed by atoms with Gasteiger partial charge in [-0.25, -0.2) is 24.0 Å². The molecule has 0 amide bonds. The monoisotopic (exact) mass is 822 g/mol. The Hall–Kier alpha value is -0.330. The van der Waals surface area contributed by atoms with Gasteiger partial charge in [-0.1, -0.05) is 95.6 Å². The van der Waals surface area contributed by atoms with E-state index in [-0.39, 0.29) is 18.8 Å². The molecule has 1 fully saturated rings. The van der Waals surface area contributed by atoms with Crippen LogP contribution < -0.4 is 0 Å². The largest absolute Gasteiger partial charge is 0.469 e. The zero-order valence-corrected chi connectivity index (χ0v) is 32.0. The zero-order chi connectivity index (χ0) is 36.0. The molecule has 274 valence electrons.